The molecule has 0 radical (unpaired) electrons. The molecule has 0 unspecified atom stereocenters. The zero-order valence-corrected chi connectivity index (χ0v) is 11.4. The first kappa shape index (κ1) is 15.1. The minimum atomic E-state index is -1.05. The van der Waals surface area contributed by atoms with Crippen LogP contribution in [0.3, 0.4) is 0 Å². The second-order valence-electron chi connectivity index (χ2n) is 4.07. The van der Waals surface area contributed by atoms with Crippen molar-refractivity contribution in [3.63, 3.8) is 0 Å². The molecule has 0 atom stereocenters. The fourth-order valence-corrected chi connectivity index (χ4v) is 2.00. The van der Waals surface area contributed by atoms with Gasteiger partial charge in [0.25, 0.3) is 0 Å². The number of thioether (sulfide) groups is 1. The third kappa shape index (κ3) is 4.38. The molecule has 2 nitrogen and oxygen atoms in total. The number of hydrogen-bond donors (Lipinski definition) is 0. The summed E-state index contributed by atoms with van der Waals surface area (Å²) in [5.74, 6) is -1.40. The summed E-state index contributed by atoms with van der Waals surface area (Å²) in [5.41, 5.74) is -0.159. The molecular formula is C13H17F2NOS. The van der Waals surface area contributed by atoms with E-state index in [1.54, 1.807) is 11.8 Å². The van der Waals surface area contributed by atoms with Gasteiger partial charge in [0.15, 0.2) is 17.4 Å². The SMILES string of the molecule is CSCCN(C)CCC(=O)c1cccc(F)c1F. The fraction of sp³-hybridized carbons (Fsp3) is 0.462. The highest BCUT2D eigenvalue weighted by atomic mass is 32.2. The molecule has 0 saturated carbocycles. The second kappa shape index (κ2) is 7.48. The van der Waals surface area contributed by atoms with Gasteiger partial charge in [-0.05, 0) is 25.4 Å². The second-order valence-corrected chi connectivity index (χ2v) is 5.06. The number of ketones is 1. The van der Waals surface area contributed by atoms with Crippen LogP contribution in [0.4, 0.5) is 8.78 Å². The lowest BCUT2D eigenvalue weighted by atomic mass is 10.1. The molecule has 0 aliphatic heterocycles. The van der Waals surface area contributed by atoms with Gasteiger partial charge in [0.2, 0.25) is 0 Å². The predicted octanol–water partition coefficient (Wildman–Crippen LogP) is 2.83. The number of hydrogen-bond acceptors (Lipinski definition) is 3. The molecule has 18 heavy (non-hydrogen) atoms. The molecule has 100 valence electrons. The Morgan fingerprint density at radius 2 is 2.06 bits per heavy atom. The van der Waals surface area contributed by atoms with Crippen LogP contribution in [0.1, 0.15) is 16.8 Å². The number of nitrogens with zero attached hydrogens (tertiary/aromatic N) is 1. The van der Waals surface area contributed by atoms with Crippen LogP contribution >= 0.6 is 11.8 Å². The van der Waals surface area contributed by atoms with Crippen LogP contribution in [0.2, 0.25) is 0 Å². The zero-order chi connectivity index (χ0) is 13.5. The molecule has 0 heterocycles. The number of benzene rings is 1. The molecule has 0 spiro atoms. The quantitative estimate of drug-likeness (QED) is 0.713. The van der Waals surface area contributed by atoms with Crippen molar-refractivity contribution < 1.29 is 13.6 Å². The molecule has 0 bridgehead atoms. The highest BCUT2D eigenvalue weighted by molar-refractivity contribution is 7.98. The van der Waals surface area contributed by atoms with E-state index in [1.807, 2.05) is 18.2 Å². The lowest BCUT2D eigenvalue weighted by Gasteiger charge is -2.15. The molecule has 0 amide bonds. The van der Waals surface area contributed by atoms with Crippen molar-refractivity contribution in [1.82, 2.24) is 4.90 Å². The highest BCUT2D eigenvalue weighted by Gasteiger charge is 2.15. The summed E-state index contributed by atoms with van der Waals surface area (Å²) >= 11 is 1.73. The minimum Gasteiger partial charge on any atom is -0.305 e. The summed E-state index contributed by atoms with van der Waals surface area (Å²) in [6, 6.07) is 3.68. The Hall–Kier alpha value is -0.940. The summed E-state index contributed by atoms with van der Waals surface area (Å²) in [7, 11) is 1.91. The Morgan fingerprint density at radius 1 is 1.33 bits per heavy atom. The molecule has 5 heteroatoms. The Labute approximate surface area is 110 Å². The molecule has 0 fully saturated rings. The standard InChI is InChI=1S/C13H17F2NOS/c1-16(8-9-18-2)7-6-12(17)10-4-3-5-11(14)13(10)15/h3-5H,6-9H2,1-2H3. The van der Waals surface area contributed by atoms with E-state index in [-0.39, 0.29) is 17.8 Å². The molecule has 1 aromatic carbocycles. The van der Waals surface area contributed by atoms with Crippen molar-refractivity contribution in [3.05, 3.63) is 35.4 Å². The maximum absolute atomic E-state index is 13.4. The van der Waals surface area contributed by atoms with Crippen molar-refractivity contribution >= 4 is 17.5 Å². The van der Waals surface area contributed by atoms with Crippen LogP contribution < -0.4 is 0 Å². The van der Waals surface area contributed by atoms with Crippen LogP contribution in [0, 0.1) is 11.6 Å². The number of rotatable bonds is 7. The topological polar surface area (TPSA) is 20.3 Å². The Bertz CT molecular complexity index is 412. The zero-order valence-electron chi connectivity index (χ0n) is 10.6. The maximum Gasteiger partial charge on any atom is 0.169 e. The first-order valence-electron chi connectivity index (χ1n) is 5.71. The monoisotopic (exact) mass is 273 g/mol. The highest BCUT2D eigenvalue weighted by Crippen LogP contribution is 2.13. The lowest BCUT2D eigenvalue weighted by molar-refractivity contribution is 0.0965. The van der Waals surface area contributed by atoms with Crippen molar-refractivity contribution in [2.24, 2.45) is 0 Å². The Balaban J connectivity index is 2.53. The van der Waals surface area contributed by atoms with Crippen LogP contribution in [-0.4, -0.2) is 42.8 Å². The van der Waals surface area contributed by atoms with E-state index in [0.29, 0.717) is 6.54 Å². The first-order chi connectivity index (χ1) is 8.56. The Morgan fingerprint density at radius 3 is 2.72 bits per heavy atom. The van der Waals surface area contributed by atoms with Gasteiger partial charge in [-0.15, -0.1) is 0 Å². The molecule has 0 aliphatic carbocycles. The average molecular weight is 273 g/mol. The smallest absolute Gasteiger partial charge is 0.169 e. The van der Waals surface area contributed by atoms with Gasteiger partial charge >= 0.3 is 0 Å². The maximum atomic E-state index is 13.4. The van der Waals surface area contributed by atoms with Gasteiger partial charge in [0.05, 0.1) is 5.56 Å². The van der Waals surface area contributed by atoms with Gasteiger partial charge in [-0.2, -0.15) is 11.8 Å². The van der Waals surface area contributed by atoms with Crippen molar-refractivity contribution in [2.75, 3.05) is 32.1 Å². The molecule has 1 rings (SSSR count). The number of Topliss-reactive ketones (excluding diaryl/α,β-unsaturated/α-hetero) is 1. The predicted molar refractivity (Wildman–Crippen MR) is 71.2 cm³/mol. The van der Waals surface area contributed by atoms with E-state index in [0.717, 1.165) is 18.4 Å². The van der Waals surface area contributed by atoms with Crippen LogP contribution in [0.25, 0.3) is 0 Å². The van der Waals surface area contributed by atoms with E-state index in [1.165, 1.54) is 12.1 Å². The average Bonchev–Trinajstić information content (AvgIpc) is 2.36. The molecule has 0 saturated heterocycles. The third-order valence-corrected chi connectivity index (χ3v) is 3.24. The first-order valence-corrected chi connectivity index (χ1v) is 7.10. The van der Waals surface area contributed by atoms with Gasteiger partial charge in [0.1, 0.15) is 0 Å². The third-order valence-electron chi connectivity index (χ3n) is 2.65. The summed E-state index contributed by atoms with van der Waals surface area (Å²) in [4.78, 5) is 13.8. The van der Waals surface area contributed by atoms with Gasteiger partial charge in [-0.3, -0.25) is 4.79 Å². The summed E-state index contributed by atoms with van der Waals surface area (Å²) < 4.78 is 26.3. The Kier molecular flexibility index (Phi) is 6.29. The molecule has 1 aromatic rings. The number of halogens is 2. The lowest BCUT2D eigenvalue weighted by Crippen LogP contribution is -2.24. The summed E-state index contributed by atoms with van der Waals surface area (Å²) in [6.07, 6.45) is 2.21. The molecule has 0 aromatic heterocycles. The molecular weight excluding hydrogens is 256 g/mol. The van der Waals surface area contributed by atoms with E-state index < -0.39 is 11.6 Å². The van der Waals surface area contributed by atoms with Crippen molar-refractivity contribution in [2.45, 2.75) is 6.42 Å². The molecule has 0 aliphatic rings. The van der Waals surface area contributed by atoms with E-state index in [2.05, 4.69) is 0 Å². The van der Waals surface area contributed by atoms with Gasteiger partial charge in [0, 0.05) is 25.3 Å². The number of carbonyl (C=O) groups is 1. The molecule has 0 N–H and O–H groups in total. The van der Waals surface area contributed by atoms with E-state index >= 15 is 0 Å². The van der Waals surface area contributed by atoms with Crippen LogP contribution in [-0.2, 0) is 0 Å². The van der Waals surface area contributed by atoms with E-state index in [4.69, 9.17) is 0 Å². The fourth-order valence-electron chi connectivity index (χ4n) is 1.51. The normalized spacial score (nSPS) is 10.9. The van der Waals surface area contributed by atoms with Crippen molar-refractivity contribution in [1.29, 1.82) is 0 Å². The summed E-state index contributed by atoms with van der Waals surface area (Å²) in [5, 5.41) is 0. The van der Waals surface area contributed by atoms with Crippen molar-refractivity contribution in [3.8, 4) is 0 Å². The van der Waals surface area contributed by atoms with E-state index in [9.17, 15) is 13.6 Å². The van der Waals surface area contributed by atoms with Gasteiger partial charge in [-0.25, -0.2) is 8.78 Å². The van der Waals surface area contributed by atoms with Crippen LogP contribution in [0.5, 0.6) is 0 Å². The van der Waals surface area contributed by atoms with Gasteiger partial charge in [-0.1, -0.05) is 6.07 Å². The van der Waals surface area contributed by atoms with Crippen LogP contribution in [0.15, 0.2) is 18.2 Å². The van der Waals surface area contributed by atoms with Gasteiger partial charge < -0.3 is 4.90 Å². The minimum absolute atomic E-state index is 0.159. The largest absolute Gasteiger partial charge is 0.305 e. The number of carbonyl (C=O) groups excluding carboxylic acids is 1. The summed E-state index contributed by atoms with van der Waals surface area (Å²) in [6.45, 7) is 1.43.